The number of nitrogens with one attached hydrogen (secondary N) is 1. The number of nitrogens with zero attached hydrogens (tertiary/aromatic N) is 1. The molecule has 1 saturated heterocycles. The van der Waals surface area contributed by atoms with Gasteiger partial charge in [-0.1, -0.05) is 0 Å². The van der Waals surface area contributed by atoms with Crippen LogP contribution < -0.4 is 5.32 Å². The Balaban J connectivity index is 1.96. The van der Waals surface area contributed by atoms with Crippen molar-refractivity contribution in [1.29, 1.82) is 0 Å². The molecule has 0 aromatic heterocycles. The van der Waals surface area contributed by atoms with Crippen LogP contribution in [-0.4, -0.2) is 48.6 Å². The fourth-order valence-electron chi connectivity index (χ4n) is 2.07. The fraction of sp³-hybridized carbons (Fsp3) is 0.900. The largest absolute Gasteiger partial charge is 0.360 e. The first-order valence-electron chi connectivity index (χ1n) is 5.79. The third-order valence-corrected chi connectivity index (χ3v) is 5.26. The predicted octanol–water partition coefficient (Wildman–Crippen LogP) is 0.532. The highest BCUT2D eigenvalue weighted by atomic mass is 32.2. The summed E-state index contributed by atoms with van der Waals surface area (Å²) in [4.78, 5) is 2.03. The first-order chi connectivity index (χ1) is 7.52. The van der Waals surface area contributed by atoms with Crippen LogP contribution in [0.3, 0.4) is 0 Å². The molecule has 1 N–H and O–H groups in total. The van der Waals surface area contributed by atoms with E-state index in [1.807, 2.05) is 11.8 Å². The molecule has 0 amide bonds. The van der Waals surface area contributed by atoms with Gasteiger partial charge >= 0.3 is 0 Å². The summed E-state index contributed by atoms with van der Waals surface area (Å²) >= 11 is 5.32. The van der Waals surface area contributed by atoms with E-state index in [9.17, 15) is 8.42 Å². The lowest BCUT2D eigenvalue weighted by atomic mass is 10.2. The van der Waals surface area contributed by atoms with Crippen molar-refractivity contribution in [3.8, 4) is 0 Å². The maximum atomic E-state index is 11.4. The first-order valence-corrected chi connectivity index (χ1v) is 8.02. The lowest BCUT2D eigenvalue weighted by Crippen LogP contribution is -2.47. The Morgan fingerprint density at radius 2 is 2.12 bits per heavy atom. The van der Waals surface area contributed by atoms with Crippen LogP contribution in [0.1, 0.15) is 26.2 Å². The second-order valence-electron chi connectivity index (χ2n) is 4.57. The molecule has 0 unspecified atom stereocenters. The molecule has 1 atom stereocenters. The van der Waals surface area contributed by atoms with E-state index in [1.54, 1.807) is 0 Å². The van der Waals surface area contributed by atoms with Gasteiger partial charge < -0.3 is 10.2 Å². The van der Waals surface area contributed by atoms with Gasteiger partial charge in [-0.15, -0.1) is 0 Å². The monoisotopic (exact) mass is 262 g/mol. The third-order valence-electron chi connectivity index (χ3n) is 3.16. The number of hydrogen-bond acceptors (Lipinski definition) is 3. The van der Waals surface area contributed by atoms with Crippen LogP contribution in [0.5, 0.6) is 0 Å². The molecule has 0 aromatic carbocycles. The molecule has 2 fully saturated rings. The molecule has 1 heterocycles. The van der Waals surface area contributed by atoms with Crippen LogP contribution in [0.4, 0.5) is 0 Å². The van der Waals surface area contributed by atoms with E-state index in [4.69, 9.17) is 12.2 Å². The molecule has 1 aliphatic carbocycles. The highest BCUT2D eigenvalue weighted by Gasteiger charge is 2.34. The molecular formula is C10H18N2O2S2. The van der Waals surface area contributed by atoms with Crippen molar-refractivity contribution in [3.05, 3.63) is 0 Å². The van der Waals surface area contributed by atoms with E-state index in [0.29, 0.717) is 18.2 Å². The number of hydrogen-bond donors (Lipinski definition) is 1. The molecular weight excluding hydrogens is 244 g/mol. The highest BCUT2D eigenvalue weighted by molar-refractivity contribution is 7.91. The van der Waals surface area contributed by atoms with Crippen LogP contribution in [0.2, 0.25) is 0 Å². The first kappa shape index (κ1) is 12.1. The minimum absolute atomic E-state index is 0.0775. The molecule has 0 spiro atoms. The molecule has 0 aromatic rings. The van der Waals surface area contributed by atoms with Gasteiger partial charge in [0.25, 0.3) is 0 Å². The summed E-state index contributed by atoms with van der Waals surface area (Å²) in [7, 11) is -2.83. The third kappa shape index (κ3) is 2.85. The summed E-state index contributed by atoms with van der Waals surface area (Å²) in [6.45, 7) is 2.80. The van der Waals surface area contributed by atoms with Gasteiger partial charge in [0.05, 0.1) is 11.5 Å². The Labute approximate surface area is 102 Å². The van der Waals surface area contributed by atoms with Gasteiger partial charge in [0.1, 0.15) is 0 Å². The Kier molecular flexibility index (Phi) is 3.39. The average molecular weight is 262 g/mol. The standard InChI is InChI=1S/C10H18N2O2S2/c1-2-12(10(15)11-8-3-4-8)9-5-6-16(13,14)7-9/h8-9H,2-7H2,1H3,(H,11,15)/t9-/m0/s1. The van der Waals surface area contributed by atoms with Crippen molar-refractivity contribution in [2.24, 2.45) is 0 Å². The maximum Gasteiger partial charge on any atom is 0.169 e. The minimum atomic E-state index is -2.83. The Bertz CT molecular complexity index is 376. The number of sulfone groups is 1. The smallest absolute Gasteiger partial charge is 0.169 e. The Morgan fingerprint density at radius 3 is 2.56 bits per heavy atom. The number of rotatable bonds is 3. The molecule has 92 valence electrons. The summed E-state index contributed by atoms with van der Waals surface area (Å²) in [6, 6.07) is 0.605. The molecule has 2 aliphatic rings. The van der Waals surface area contributed by atoms with E-state index in [-0.39, 0.29) is 11.8 Å². The second kappa shape index (κ2) is 4.49. The van der Waals surface area contributed by atoms with Crippen molar-refractivity contribution >= 4 is 27.2 Å². The Morgan fingerprint density at radius 1 is 1.44 bits per heavy atom. The maximum absolute atomic E-state index is 11.4. The molecule has 6 heteroatoms. The van der Waals surface area contributed by atoms with Crippen molar-refractivity contribution in [2.75, 3.05) is 18.1 Å². The zero-order chi connectivity index (χ0) is 11.8. The van der Waals surface area contributed by atoms with E-state index >= 15 is 0 Å². The second-order valence-corrected chi connectivity index (χ2v) is 7.18. The van der Waals surface area contributed by atoms with Crippen LogP contribution >= 0.6 is 12.2 Å². The van der Waals surface area contributed by atoms with Crippen LogP contribution in [0, 0.1) is 0 Å². The van der Waals surface area contributed by atoms with Crippen LogP contribution in [0.15, 0.2) is 0 Å². The topological polar surface area (TPSA) is 49.4 Å². The zero-order valence-corrected chi connectivity index (χ0v) is 11.1. The van der Waals surface area contributed by atoms with Crippen LogP contribution in [-0.2, 0) is 9.84 Å². The van der Waals surface area contributed by atoms with Gasteiger partial charge in [-0.25, -0.2) is 8.42 Å². The van der Waals surface area contributed by atoms with Crippen molar-refractivity contribution < 1.29 is 8.42 Å². The summed E-state index contributed by atoms with van der Waals surface area (Å²) in [5.41, 5.74) is 0. The SMILES string of the molecule is CCN(C(=S)NC1CC1)[C@H]1CCS(=O)(=O)C1. The van der Waals surface area contributed by atoms with E-state index in [1.165, 1.54) is 12.8 Å². The van der Waals surface area contributed by atoms with Gasteiger partial charge in [-0.3, -0.25) is 0 Å². The zero-order valence-electron chi connectivity index (χ0n) is 9.48. The van der Waals surface area contributed by atoms with E-state index < -0.39 is 9.84 Å². The number of thiocarbonyl (C=S) groups is 1. The predicted molar refractivity (Wildman–Crippen MR) is 68.2 cm³/mol. The summed E-state index contributed by atoms with van der Waals surface area (Å²) in [5, 5.41) is 4.00. The lowest BCUT2D eigenvalue weighted by molar-refractivity contribution is 0.345. The summed E-state index contributed by atoms with van der Waals surface area (Å²) < 4.78 is 22.9. The average Bonchev–Trinajstić information content (AvgIpc) is 2.92. The van der Waals surface area contributed by atoms with Gasteiger partial charge in [0.2, 0.25) is 0 Å². The van der Waals surface area contributed by atoms with Gasteiger partial charge in [0, 0.05) is 18.6 Å². The molecule has 0 bridgehead atoms. The molecule has 2 rings (SSSR count). The molecule has 1 saturated carbocycles. The Hall–Kier alpha value is -0.360. The van der Waals surface area contributed by atoms with Crippen molar-refractivity contribution in [1.82, 2.24) is 10.2 Å². The van der Waals surface area contributed by atoms with Crippen LogP contribution in [0.25, 0.3) is 0 Å². The summed E-state index contributed by atoms with van der Waals surface area (Å²) in [6.07, 6.45) is 3.07. The fourth-order valence-corrected chi connectivity index (χ4v) is 4.25. The van der Waals surface area contributed by atoms with Crippen molar-refractivity contribution in [2.45, 2.75) is 38.3 Å². The van der Waals surface area contributed by atoms with E-state index in [2.05, 4.69) is 5.32 Å². The van der Waals surface area contributed by atoms with Crippen molar-refractivity contribution in [3.63, 3.8) is 0 Å². The van der Waals surface area contributed by atoms with Gasteiger partial charge in [0.15, 0.2) is 14.9 Å². The molecule has 4 nitrogen and oxygen atoms in total. The van der Waals surface area contributed by atoms with Gasteiger partial charge in [-0.05, 0) is 38.4 Å². The molecule has 16 heavy (non-hydrogen) atoms. The molecule has 0 radical (unpaired) electrons. The normalized spacial score (nSPS) is 27.7. The summed E-state index contributed by atoms with van der Waals surface area (Å²) in [5.74, 6) is 0.563. The quantitative estimate of drug-likeness (QED) is 0.752. The lowest BCUT2D eigenvalue weighted by Gasteiger charge is -2.29. The highest BCUT2D eigenvalue weighted by Crippen LogP contribution is 2.21. The minimum Gasteiger partial charge on any atom is -0.360 e. The van der Waals surface area contributed by atoms with Gasteiger partial charge in [-0.2, -0.15) is 0 Å². The molecule has 1 aliphatic heterocycles. The van der Waals surface area contributed by atoms with E-state index in [0.717, 1.165) is 11.7 Å².